The maximum absolute atomic E-state index is 12.5. The molecule has 0 unspecified atom stereocenters. The van der Waals surface area contributed by atoms with Crippen molar-refractivity contribution in [3.63, 3.8) is 0 Å². The third-order valence-electron chi connectivity index (χ3n) is 4.26. The number of nitrogens with zero attached hydrogens (tertiary/aromatic N) is 1. The second-order valence-electron chi connectivity index (χ2n) is 6.38. The molecule has 5 nitrogen and oxygen atoms in total. The first kappa shape index (κ1) is 20.5. The molecule has 1 heterocycles. The normalized spacial score (nSPS) is 11.2. The van der Waals surface area contributed by atoms with Crippen LogP contribution in [0.2, 0.25) is 0 Å². The van der Waals surface area contributed by atoms with E-state index >= 15 is 0 Å². The molecular weight excluding hydrogens is 330 g/mol. The van der Waals surface area contributed by atoms with Crippen LogP contribution in [0, 0.1) is 0 Å². The molecule has 0 radical (unpaired) electrons. The van der Waals surface area contributed by atoms with Crippen LogP contribution in [0.15, 0.2) is 39.5 Å². The Morgan fingerprint density at radius 3 is 2.15 bits per heavy atom. The molecule has 1 aromatic heterocycles. The lowest BCUT2D eigenvalue weighted by Gasteiger charge is -2.23. The Hall–Kier alpha value is -1.85. The summed E-state index contributed by atoms with van der Waals surface area (Å²) in [5.41, 5.74) is 0.868. The molecule has 0 N–H and O–H groups in total. The number of benzene rings is 1. The minimum atomic E-state index is -0.314. The van der Waals surface area contributed by atoms with Crippen molar-refractivity contribution in [3.05, 3.63) is 40.8 Å². The van der Waals surface area contributed by atoms with Gasteiger partial charge in [0.05, 0.1) is 13.2 Å². The number of ether oxygens (including phenoxy) is 2. The van der Waals surface area contributed by atoms with Gasteiger partial charge in [-0.2, -0.15) is 0 Å². The predicted octanol–water partition coefficient (Wildman–Crippen LogP) is 4.23. The molecule has 2 aromatic rings. The number of rotatable bonds is 13. The molecular formula is C21H31NO4. The molecule has 0 aliphatic carbocycles. The summed E-state index contributed by atoms with van der Waals surface area (Å²) in [7, 11) is 0. The van der Waals surface area contributed by atoms with Gasteiger partial charge in [0.2, 0.25) is 0 Å². The quantitative estimate of drug-likeness (QED) is 0.395. The lowest BCUT2D eigenvalue weighted by atomic mass is 10.2. The Balaban J connectivity index is 2.05. The fraction of sp³-hybridized carbons (Fsp3) is 0.571. The minimum absolute atomic E-state index is 0.314. The van der Waals surface area contributed by atoms with E-state index in [-0.39, 0.29) is 5.63 Å². The maximum atomic E-state index is 12.5. The summed E-state index contributed by atoms with van der Waals surface area (Å²) in [4.78, 5) is 14.5. The zero-order valence-electron chi connectivity index (χ0n) is 16.0. The summed E-state index contributed by atoms with van der Waals surface area (Å²) in [5.74, 6) is 0. The number of fused-ring (bicyclic) bond motifs is 1. The third kappa shape index (κ3) is 6.46. The van der Waals surface area contributed by atoms with Crippen LogP contribution in [-0.2, 0) is 9.47 Å². The molecule has 0 aliphatic rings. The Morgan fingerprint density at radius 2 is 1.54 bits per heavy atom. The summed E-state index contributed by atoms with van der Waals surface area (Å²) in [6.07, 6.45) is 4.34. The number of anilines is 1. The second kappa shape index (κ2) is 11.7. The maximum Gasteiger partial charge on any atom is 0.360 e. The minimum Gasteiger partial charge on any atom is -0.421 e. The Bertz CT molecular complexity index is 684. The highest BCUT2D eigenvalue weighted by atomic mass is 16.5. The van der Waals surface area contributed by atoms with Gasteiger partial charge in [-0.15, -0.1) is 0 Å². The molecule has 0 saturated heterocycles. The van der Waals surface area contributed by atoms with Crippen LogP contribution >= 0.6 is 0 Å². The highest BCUT2D eigenvalue weighted by molar-refractivity contribution is 5.79. The average molecular weight is 361 g/mol. The molecule has 26 heavy (non-hydrogen) atoms. The van der Waals surface area contributed by atoms with Gasteiger partial charge in [-0.05, 0) is 25.0 Å². The second-order valence-corrected chi connectivity index (χ2v) is 6.38. The SMILES string of the molecule is CCCCOCCN(CCOCCCC)c1cc2ccccc2oc1=O. The number of unbranched alkanes of at least 4 members (excludes halogenated alkanes) is 2. The fourth-order valence-corrected chi connectivity index (χ4v) is 2.67. The van der Waals surface area contributed by atoms with Gasteiger partial charge in [-0.3, -0.25) is 0 Å². The third-order valence-corrected chi connectivity index (χ3v) is 4.26. The molecule has 0 saturated carbocycles. The highest BCUT2D eigenvalue weighted by Gasteiger charge is 2.13. The molecule has 0 amide bonds. The standard InChI is InChI=1S/C21H31NO4/c1-3-5-13-24-15-11-22(12-16-25-14-6-4-2)19-17-18-9-7-8-10-20(18)26-21(19)23/h7-10,17H,3-6,11-16H2,1-2H3. The molecule has 0 bridgehead atoms. The highest BCUT2D eigenvalue weighted by Crippen LogP contribution is 2.18. The predicted molar refractivity (Wildman–Crippen MR) is 106 cm³/mol. The first-order valence-electron chi connectivity index (χ1n) is 9.69. The van der Waals surface area contributed by atoms with Crippen molar-refractivity contribution in [3.8, 4) is 0 Å². The van der Waals surface area contributed by atoms with Gasteiger partial charge >= 0.3 is 5.63 Å². The van der Waals surface area contributed by atoms with Crippen LogP contribution in [0.3, 0.4) is 0 Å². The van der Waals surface area contributed by atoms with E-state index in [2.05, 4.69) is 13.8 Å². The molecule has 2 rings (SSSR count). The lowest BCUT2D eigenvalue weighted by Crippen LogP contribution is -2.34. The zero-order valence-corrected chi connectivity index (χ0v) is 16.0. The molecule has 0 fully saturated rings. The molecule has 0 aliphatic heterocycles. The van der Waals surface area contributed by atoms with E-state index in [9.17, 15) is 4.79 Å². The van der Waals surface area contributed by atoms with Gasteiger partial charge in [0.1, 0.15) is 11.3 Å². The Labute approximate surface area is 155 Å². The van der Waals surface area contributed by atoms with Crippen molar-refractivity contribution in [2.24, 2.45) is 0 Å². The number of hydrogen-bond donors (Lipinski definition) is 0. The van der Waals surface area contributed by atoms with E-state index in [1.54, 1.807) is 0 Å². The summed E-state index contributed by atoms with van der Waals surface area (Å²) in [6.45, 7) is 8.25. The van der Waals surface area contributed by atoms with Crippen LogP contribution in [0.1, 0.15) is 39.5 Å². The monoisotopic (exact) mass is 361 g/mol. The molecule has 0 spiro atoms. The molecule has 5 heteroatoms. The topological polar surface area (TPSA) is 51.9 Å². The van der Waals surface area contributed by atoms with E-state index in [1.807, 2.05) is 35.2 Å². The van der Waals surface area contributed by atoms with E-state index in [4.69, 9.17) is 13.9 Å². The van der Waals surface area contributed by atoms with E-state index in [1.165, 1.54) is 0 Å². The van der Waals surface area contributed by atoms with Gasteiger partial charge < -0.3 is 18.8 Å². The fourth-order valence-electron chi connectivity index (χ4n) is 2.67. The van der Waals surface area contributed by atoms with Crippen molar-refractivity contribution >= 4 is 16.7 Å². The van der Waals surface area contributed by atoms with Crippen LogP contribution in [-0.4, -0.2) is 39.5 Å². The summed E-state index contributed by atoms with van der Waals surface area (Å²) in [6, 6.07) is 9.48. The largest absolute Gasteiger partial charge is 0.421 e. The lowest BCUT2D eigenvalue weighted by molar-refractivity contribution is 0.125. The summed E-state index contributed by atoms with van der Waals surface area (Å²) >= 11 is 0. The van der Waals surface area contributed by atoms with Crippen molar-refractivity contribution in [2.75, 3.05) is 44.4 Å². The van der Waals surface area contributed by atoms with E-state index in [0.29, 0.717) is 37.6 Å². The first-order valence-corrected chi connectivity index (χ1v) is 9.69. The van der Waals surface area contributed by atoms with Crippen molar-refractivity contribution in [2.45, 2.75) is 39.5 Å². The van der Waals surface area contributed by atoms with Crippen molar-refractivity contribution < 1.29 is 13.9 Å². The van der Waals surface area contributed by atoms with Gasteiger partial charge in [0.15, 0.2) is 0 Å². The van der Waals surface area contributed by atoms with Gasteiger partial charge in [-0.1, -0.05) is 44.9 Å². The number of hydrogen-bond acceptors (Lipinski definition) is 5. The van der Waals surface area contributed by atoms with Crippen LogP contribution in [0.4, 0.5) is 5.69 Å². The average Bonchev–Trinajstić information content (AvgIpc) is 2.65. The Kier molecular flexibility index (Phi) is 9.21. The first-order chi connectivity index (χ1) is 12.8. The van der Waals surface area contributed by atoms with Gasteiger partial charge in [0.25, 0.3) is 0 Å². The van der Waals surface area contributed by atoms with Gasteiger partial charge in [-0.25, -0.2) is 4.79 Å². The molecule has 144 valence electrons. The molecule has 1 aromatic carbocycles. The smallest absolute Gasteiger partial charge is 0.360 e. The van der Waals surface area contributed by atoms with E-state index in [0.717, 1.165) is 44.3 Å². The number of para-hydroxylation sites is 1. The van der Waals surface area contributed by atoms with E-state index < -0.39 is 0 Å². The van der Waals surface area contributed by atoms with Crippen LogP contribution < -0.4 is 10.5 Å². The molecule has 0 atom stereocenters. The van der Waals surface area contributed by atoms with Crippen LogP contribution in [0.5, 0.6) is 0 Å². The van der Waals surface area contributed by atoms with Crippen molar-refractivity contribution in [1.29, 1.82) is 0 Å². The van der Waals surface area contributed by atoms with Crippen molar-refractivity contribution in [1.82, 2.24) is 0 Å². The summed E-state index contributed by atoms with van der Waals surface area (Å²) < 4.78 is 16.9. The zero-order chi connectivity index (χ0) is 18.6. The summed E-state index contributed by atoms with van der Waals surface area (Å²) in [5, 5.41) is 0.922. The van der Waals surface area contributed by atoms with Gasteiger partial charge in [0, 0.05) is 31.7 Å². The Morgan fingerprint density at radius 1 is 0.923 bits per heavy atom. The van der Waals surface area contributed by atoms with Crippen LogP contribution in [0.25, 0.3) is 11.0 Å².